The van der Waals surface area contributed by atoms with Gasteiger partial charge < -0.3 is 15.0 Å². The molecule has 38 heavy (non-hydrogen) atoms. The molecule has 1 saturated carbocycles. The lowest BCUT2D eigenvalue weighted by Gasteiger charge is -2.36. The maximum absolute atomic E-state index is 14.0. The molecule has 0 radical (unpaired) electrons. The summed E-state index contributed by atoms with van der Waals surface area (Å²) < 4.78 is 47.1. The van der Waals surface area contributed by atoms with Gasteiger partial charge in [-0.15, -0.1) is 0 Å². The molecule has 3 aromatic rings. The van der Waals surface area contributed by atoms with E-state index in [1.807, 2.05) is 6.20 Å². The van der Waals surface area contributed by atoms with Crippen molar-refractivity contribution in [3.8, 4) is 5.75 Å². The molecular formula is C29H37FN4O3S. The molecule has 1 heterocycles. The van der Waals surface area contributed by atoms with Gasteiger partial charge >= 0.3 is 0 Å². The van der Waals surface area contributed by atoms with Crippen LogP contribution in [-0.4, -0.2) is 44.6 Å². The highest BCUT2D eigenvalue weighted by Gasteiger charge is 2.31. The van der Waals surface area contributed by atoms with Crippen molar-refractivity contribution in [2.45, 2.75) is 61.8 Å². The molecule has 0 bridgehead atoms. The molecule has 0 saturated heterocycles. The van der Waals surface area contributed by atoms with Gasteiger partial charge in [-0.05, 0) is 98.7 Å². The third-order valence-corrected chi connectivity index (χ3v) is 9.73. The Labute approximate surface area is 224 Å². The number of hydrogen-bond acceptors (Lipinski definition) is 5. The number of sulfonamides is 1. The van der Waals surface area contributed by atoms with Gasteiger partial charge in [0.1, 0.15) is 16.5 Å². The lowest BCUT2D eigenvalue weighted by atomic mass is 9.76. The van der Waals surface area contributed by atoms with Gasteiger partial charge in [-0.2, -0.15) is 0 Å². The number of nitrogens with zero attached hydrogens (tertiary/aromatic N) is 1. The van der Waals surface area contributed by atoms with Crippen molar-refractivity contribution >= 4 is 10.0 Å². The first-order chi connectivity index (χ1) is 18.4. The molecule has 1 aromatic heterocycles. The van der Waals surface area contributed by atoms with Crippen LogP contribution in [0.2, 0.25) is 0 Å². The molecule has 204 valence electrons. The molecule has 2 aliphatic carbocycles. The van der Waals surface area contributed by atoms with E-state index in [1.165, 1.54) is 35.4 Å². The molecule has 0 spiro atoms. The Kier molecular flexibility index (Phi) is 8.45. The molecule has 2 atom stereocenters. The highest BCUT2D eigenvalue weighted by molar-refractivity contribution is 7.89. The van der Waals surface area contributed by atoms with E-state index in [0.29, 0.717) is 24.4 Å². The van der Waals surface area contributed by atoms with Crippen LogP contribution in [0.1, 0.15) is 54.8 Å². The van der Waals surface area contributed by atoms with Crippen LogP contribution in [0.4, 0.5) is 4.39 Å². The van der Waals surface area contributed by atoms with E-state index in [2.05, 4.69) is 38.2 Å². The van der Waals surface area contributed by atoms with Gasteiger partial charge in [0.2, 0.25) is 10.0 Å². The Hall–Kier alpha value is -2.75. The fourth-order valence-corrected chi connectivity index (χ4v) is 7.26. The molecule has 2 aromatic carbocycles. The first-order valence-electron chi connectivity index (χ1n) is 13.5. The van der Waals surface area contributed by atoms with E-state index in [-0.39, 0.29) is 10.8 Å². The third kappa shape index (κ3) is 6.27. The SMILES string of the molecule is COc1ccc2c(c1)CCC(NCC1CCC(CNS(=O)(=O)c3ccccc3F)CC1)C2Cc1cnc[nH]1. The number of aromatic amines is 1. The average Bonchev–Trinajstić information content (AvgIpc) is 3.45. The van der Waals surface area contributed by atoms with Crippen molar-refractivity contribution < 1.29 is 17.5 Å². The van der Waals surface area contributed by atoms with E-state index >= 15 is 0 Å². The highest BCUT2D eigenvalue weighted by Crippen LogP contribution is 2.37. The van der Waals surface area contributed by atoms with Crippen LogP contribution in [-0.2, 0) is 22.9 Å². The van der Waals surface area contributed by atoms with Crippen LogP contribution in [0.3, 0.4) is 0 Å². The molecule has 0 amide bonds. The molecule has 0 aliphatic heterocycles. The number of halogens is 1. The number of aromatic nitrogens is 2. The molecule has 2 unspecified atom stereocenters. The number of methoxy groups -OCH3 is 1. The minimum absolute atomic E-state index is 0.275. The van der Waals surface area contributed by atoms with Crippen molar-refractivity contribution in [3.63, 3.8) is 0 Å². The van der Waals surface area contributed by atoms with E-state index in [4.69, 9.17) is 4.74 Å². The summed E-state index contributed by atoms with van der Waals surface area (Å²) in [6.07, 6.45) is 10.7. The molecule has 1 fully saturated rings. The second-order valence-electron chi connectivity index (χ2n) is 10.7. The summed E-state index contributed by atoms with van der Waals surface area (Å²) in [5.74, 6) is 1.39. The summed E-state index contributed by atoms with van der Waals surface area (Å²) in [6, 6.07) is 12.3. The predicted octanol–water partition coefficient (Wildman–Crippen LogP) is 4.57. The maximum atomic E-state index is 14.0. The minimum Gasteiger partial charge on any atom is -0.497 e. The topological polar surface area (TPSA) is 96.1 Å². The number of H-pyrrole nitrogens is 1. The van der Waals surface area contributed by atoms with Crippen LogP contribution in [0.5, 0.6) is 5.75 Å². The van der Waals surface area contributed by atoms with Gasteiger partial charge in [0.15, 0.2) is 0 Å². The smallest absolute Gasteiger partial charge is 0.243 e. The van der Waals surface area contributed by atoms with Crippen molar-refractivity contribution in [2.24, 2.45) is 11.8 Å². The second kappa shape index (κ2) is 12.0. The van der Waals surface area contributed by atoms with Crippen LogP contribution >= 0.6 is 0 Å². The highest BCUT2D eigenvalue weighted by atomic mass is 32.2. The standard InChI is InChI=1S/C29H37FN4O3S/c1-37-24-11-12-25-22(14-24)10-13-28(26(25)15-23-18-31-19-33-23)32-16-20-6-8-21(9-7-20)17-34-38(35,36)29-5-3-2-4-27(29)30/h2-5,11-12,14,18-21,26,28,32,34H,6-10,13,15-17H2,1H3,(H,31,33). The van der Waals surface area contributed by atoms with Gasteiger partial charge in [-0.25, -0.2) is 22.5 Å². The Morgan fingerprint density at radius 3 is 2.53 bits per heavy atom. The zero-order valence-electron chi connectivity index (χ0n) is 21.8. The van der Waals surface area contributed by atoms with Gasteiger partial charge in [-0.3, -0.25) is 0 Å². The number of nitrogens with one attached hydrogen (secondary N) is 3. The van der Waals surface area contributed by atoms with E-state index in [9.17, 15) is 12.8 Å². The molecule has 7 nitrogen and oxygen atoms in total. The average molecular weight is 541 g/mol. The molecule has 3 N–H and O–H groups in total. The number of benzene rings is 2. The van der Waals surface area contributed by atoms with Gasteiger partial charge in [0, 0.05) is 30.4 Å². The summed E-state index contributed by atoms with van der Waals surface area (Å²) >= 11 is 0. The second-order valence-corrected chi connectivity index (χ2v) is 12.4. The quantitative estimate of drug-likeness (QED) is 0.350. The zero-order chi connectivity index (χ0) is 26.5. The fraction of sp³-hybridized carbons (Fsp3) is 0.483. The molecule has 5 rings (SSSR count). The molecular weight excluding hydrogens is 503 g/mol. The normalized spacial score (nSPS) is 23.6. The Morgan fingerprint density at radius 1 is 1.05 bits per heavy atom. The van der Waals surface area contributed by atoms with Crippen molar-refractivity contribution in [1.82, 2.24) is 20.0 Å². The molecule has 9 heteroatoms. The Morgan fingerprint density at radius 2 is 1.82 bits per heavy atom. The number of rotatable bonds is 10. The first kappa shape index (κ1) is 26.8. The maximum Gasteiger partial charge on any atom is 0.243 e. The number of ether oxygens (including phenoxy) is 1. The van der Waals surface area contributed by atoms with Crippen molar-refractivity contribution in [1.29, 1.82) is 0 Å². The van der Waals surface area contributed by atoms with Gasteiger partial charge in [0.05, 0.1) is 13.4 Å². The van der Waals surface area contributed by atoms with Crippen molar-refractivity contribution in [2.75, 3.05) is 20.2 Å². The lowest BCUT2D eigenvalue weighted by molar-refractivity contribution is 0.252. The fourth-order valence-electron chi connectivity index (χ4n) is 6.07. The summed E-state index contributed by atoms with van der Waals surface area (Å²) in [7, 11) is -2.13. The number of aryl methyl sites for hydroxylation is 1. The Balaban J connectivity index is 1.14. The Bertz CT molecular complexity index is 1310. The monoisotopic (exact) mass is 540 g/mol. The predicted molar refractivity (Wildman–Crippen MR) is 145 cm³/mol. The van der Waals surface area contributed by atoms with E-state index in [0.717, 1.165) is 62.9 Å². The number of imidazole rings is 1. The summed E-state index contributed by atoms with van der Waals surface area (Å²) in [5, 5.41) is 3.90. The van der Waals surface area contributed by atoms with Crippen LogP contribution in [0.15, 0.2) is 59.9 Å². The van der Waals surface area contributed by atoms with Gasteiger partial charge in [-0.1, -0.05) is 18.2 Å². The zero-order valence-corrected chi connectivity index (χ0v) is 22.6. The van der Waals surface area contributed by atoms with E-state index in [1.54, 1.807) is 13.4 Å². The number of hydrogen-bond donors (Lipinski definition) is 3. The van der Waals surface area contributed by atoms with Crippen LogP contribution in [0, 0.1) is 17.7 Å². The van der Waals surface area contributed by atoms with Crippen LogP contribution < -0.4 is 14.8 Å². The summed E-state index contributed by atoms with van der Waals surface area (Å²) in [5.41, 5.74) is 3.89. The number of fused-ring (bicyclic) bond motifs is 1. The molecule has 2 aliphatic rings. The summed E-state index contributed by atoms with van der Waals surface area (Å²) in [6.45, 7) is 1.31. The van der Waals surface area contributed by atoms with E-state index < -0.39 is 15.8 Å². The largest absolute Gasteiger partial charge is 0.497 e. The lowest BCUT2D eigenvalue weighted by Crippen LogP contribution is -2.42. The third-order valence-electron chi connectivity index (χ3n) is 8.28. The van der Waals surface area contributed by atoms with Gasteiger partial charge in [0.25, 0.3) is 0 Å². The first-order valence-corrected chi connectivity index (χ1v) is 15.0. The minimum atomic E-state index is -3.84. The van der Waals surface area contributed by atoms with Crippen LogP contribution in [0.25, 0.3) is 0 Å². The summed E-state index contributed by atoms with van der Waals surface area (Å²) in [4.78, 5) is 7.21. The van der Waals surface area contributed by atoms with Crippen molar-refractivity contribution in [3.05, 3.63) is 77.6 Å².